The van der Waals surface area contributed by atoms with Gasteiger partial charge in [0.2, 0.25) is 0 Å². The summed E-state index contributed by atoms with van der Waals surface area (Å²) >= 11 is 0. The number of imide groups is 2. The standard InChI is InChI=1S/C35H58N2O11S/c1-25-18-20-27(21-19-25)49(42,43)48-26(22-24-37(30(40)46-34(8,9)10)31(41)47-35(11,12)13)17-15-14-16-23-36(28(38)44-32(2,3)4)29(39)45-33(5,6)7/h18-21,26H,14-17,22-24H2,1-13H3. The lowest BCUT2D eigenvalue weighted by Crippen LogP contribution is -2.44. The van der Waals surface area contributed by atoms with Gasteiger partial charge in [-0.2, -0.15) is 8.42 Å². The maximum absolute atomic E-state index is 13.3. The van der Waals surface area contributed by atoms with Gasteiger partial charge in [-0.25, -0.2) is 29.0 Å². The zero-order valence-electron chi connectivity index (χ0n) is 31.6. The first-order chi connectivity index (χ1) is 22.1. The van der Waals surface area contributed by atoms with Gasteiger partial charge in [-0.15, -0.1) is 0 Å². The van der Waals surface area contributed by atoms with Crippen LogP contribution in [0.1, 0.15) is 121 Å². The van der Waals surface area contributed by atoms with Crippen LogP contribution in [0.15, 0.2) is 29.2 Å². The van der Waals surface area contributed by atoms with Gasteiger partial charge in [-0.3, -0.25) is 4.18 Å². The number of rotatable bonds is 12. The summed E-state index contributed by atoms with van der Waals surface area (Å²) in [4.78, 5) is 53.4. The summed E-state index contributed by atoms with van der Waals surface area (Å²) in [6.07, 6.45) is -3.10. The summed E-state index contributed by atoms with van der Waals surface area (Å²) in [6.45, 7) is 21.7. The first-order valence-electron chi connectivity index (χ1n) is 16.6. The number of ether oxygens (including phenoxy) is 4. The summed E-state index contributed by atoms with van der Waals surface area (Å²) in [6, 6.07) is 6.19. The van der Waals surface area contributed by atoms with Gasteiger partial charge in [0, 0.05) is 13.1 Å². The monoisotopic (exact) mass is 714 g/mol. The molecule has 0 aliphatic carbocycles. The van der Waals surface area contributed by atoms with Crippen molar-refractivity contribution in [3.63, 3.8) is 0 Å². The molecule has 0 aliphatic heterocycles. The molecule has 1 aromatic carbocycles. The van der Waals surface area contributed by atoms with Gasteiger partial charge in [-0.1, -0.05) is 30.5 Å². The van der Waals surface area contributed by atoms with Crippen LogP contribution in [0.25, 0.3) is 0 Å². The maximum atomic E-state index is 13.3. The van der Waals surface area contributed by atoms with Gasteiger partial charge in [0.05, 0.1) is 11.0 Å². The summed E-state index contributed by atoms with van der Waals surface area (Å²) < 4.78 is 53.9. The van der Waals surface area contributed by atoms with Crippen LogP contribution in [0.4, 0.5) is 19.2 Å². The summed E-state index contributed by atoms with van der Waals surface area (Å²) in [5, 5.41) is 0. The molecule has 0 saturated carbocycles. The van der Waals surface area contributed by atoms with Gasteiger partial charge in [-0.05, 0) is 121 Å². The van der Waals surface area contributed by atoms with Crippen molar-refractivity contribution in [2.75, 3.05) is 13.1 Å². The van der Waals surface area contributed by atoms with Gasteiger partial charge >= 0.3 is 24.4 Å². The third-order valence-electron chi connectivity index (χ3n) is 6.11. The van der Waals surface area contributed by atoms with Gasteiger partial charge in [0.25, 0.3) is 10.1 Å². The highest BCUT2D eigenvalue weighted by Crippen LogP contribution is 2.23. The van der Waals surface area contributed by atoms with Crippen LogP contribution < -0.4 is 0 Å². The molecule has 49 heavy (non-hydrogen) atoms. The summed E-state index contributed by atoms with van der Waals surface area (Å²) in [7, 11) is -4.22. The largest absolute Gasteiger partial charge is 0.443 e. The Hall–Kier alpha value is -3.39. The second-order valence-corrected chi connectivity index (χ2v) is 17.4. The average molecular weight is 715 g/mol. The Morgan fingerprint density at radius 2 is 0.939 bits per heavy atom. The highest BCUT2D eigenvalue weighted by molar-refractivity contribution is 7.86. The van der Waals surface area contributed by atoms with E-state index in [9.17, 15) is 27.6 Å². The van der Waals surface area contributed by atoms with Crippen molar-refractivity contribution in [3.05, 3.63) is 29.8 Å². The minimum Gasteiger partial charge on any atom is -0.443 e. The zero-order chi connectivity index (χ0) is 38.0. The third-order valence-corrected chi connectivity index (χ3v) is 7.49. The van der Waals surface area contributed by atoms with Gasteiger partial charge in [0.1, 0.15) is 22.4 Å². The van der Waals surface area contributed by atoms with E-state index in [-0.39, 0.29) is 30.8 Å². The average Bonchev–Trinajstić information content (AvgIpc) is 2.86. The molecule has 0 fully saturated rings. The molecule has 0 radical (unpaired) electrons. The van der Waals surface area contributed by atoms with Crippen molar-refractivity contribution in [2.45, 2.75) is 156 Å². The molecule has 0 N–H and O–H groups in total. The smallest absolute Gasteiger partial charge is 0.419 e. The second kappa shape index (κ2) is 17.5. The zero-order valence-corrected chi connectivity index (χ0v) is 32.4. The molecule has 1 aromatic rings. The van der Waals surface area contributed by atoms with E-state index < -0.39 is 63.0 Å². The van der Waals surface area contributed by atoms with E-state index in [1.165, 1.54) is 12.1 Å². The topological polar surface area (TPSA) is 155 Å². The minimum absolute atomic E-state index is 0.00206. The number of hydrogen-bond donors (Lipinski definition) is 0. The minimum atomic E-state index is -4.22. The van der Waals surface area contributed by atoms with E-state index in [0.29, 0.717) is 19.3 Å². The highest BCUT2D eigenvalue weighted by atomic mass is 32.2. The molecule has 14 heteroatoms. The number of amides is 4. The molecule has 13 nitrogen and oxygen atoms in total. The summed E-state index contributed by atoms with van der Waals surface area (Å²) in [5.74, 6) is 0. The van der Waals surface area contributed by atoms with Crippen LogP contribution in [-0.4, -0.2) is 84.2 Å². The lowest BCUT2D eigenvalue weighted by molar-refractivity contribution is -0.00234. The maximum Gasteiger partial charge on any atom is 0.419 e. The lowest BCUT2D eigenvalue weighted by atomic mass is 10.1. The molecule has 1 unspecified atom stereocenters. The normalized spacial score (nSPS) is 13.2. The Kier molecular flexibility index (Phi) is 15.6. The van der Waals surface area contributed by atoms with Crippen LogP contribution in [0, 0.1) is 6.92 Å². The van der Waals surface area contributed by atoms with Gasteiger partial charge in [0.15, 0.2) is 0 Å². The number of nitrogens with zero attached hydrogens (tertiary/aromatic N) is 2. The molecular formula is C35H58N2O11S. The first-order valence-corrected chi connectivity index (χ1v) is 18.0. The van der Waals surface area contributed by atoms with Crippen molar-refractivity contribution in [3.8, 4) is 0 Å². The number of benzene rings is 1. The van der Waals surface area contributed by atoms with Gasteiger partial charge < -0.3 is 18.9 Å². The predicted molar refractivity (Wildman–Crippen MR) is 185 cm³/mol. The number of carbonyl (C=O) groups excluding carboxylic acids is 4. The van der Waals surface area contributed by atoms with Crippen LogP contribution in [0.3, 0.4) is 0 Å². The Balaban J connectivity index is 3.17. The Labute approximate surface area is 293 Å². The van der Waals surface area contributed by atoms with Crippen molar-refractivity contribution in [1.82, 2.24) is 9.80 Å². The number of carbonyl (C=O) groups is 4. The third kappa shape index (κ3) is 18.3. The van der Waals surface area contributed by atoms with Crippen LogP contribution in [-0.2, 0) is 33.2 Å². The quantitative estimate of drug-likeness (QED) is 0.116. The molecular weight excluding hydrogens is 656 g/mol. The number of aryl methyl sites for hydroxylation is 1. The van der Waals surface area contributed by atoms with Crippen molar-refractivity contribution in [1.29, 1.82) is 0 Å². The molecule has 0 aromatic heterocycles. The SMILES string of the molecule is Cc1ccc(S(=O)(=O)OC(CCCCCN(C(=O)OC(C)(C)C)C(=O)OC(C)(C)C)CCN(C(=O)OC(C)(C)C)C(=O)OC(C)(C)C)cc1. The van der Waals surface area contributed by atoms with Crippen molar-refractivity contribution >= 4 is 34.5 Å². The van der Waals surface area contributed by atoms with Crippen LogP contribution >= 0.6 is 0 Å². The molecule has 0 bridgehead atoms. The van der Waals surface area contributed by atoms with E-state index in [0.717, 1.165) is 15.4 Å². The first kappa shape index (κ1) is 43.6. The highest BCUT2D eigenvalue weighted by Gasteiger charge is 2.33. The molecule has 0 heterocycles. The number of hydrogen-bond acceptors (Lipinski definition) is 11. The molecule has 1 rings (SSSR count). The van der Waals surface area contributed by atoms with E-state index >= 15 is 0 Å². The Bertz CT molecular complexity index is 1310. The number of unbranched alkanes of at least 4 members (excludes halogenated alkanes) is 2. The van der Waals surface area contributed by atoms with Crippen LogP contribution in [0.2, 0.25) is 0 Å². The second-order valence-electron chi connectivity index (χ2n) is 15.8. The van der Waals surface area contributed by atoms with E-state index in [1.54, 1.807) is 95.2 Å². The van der Waals surface area contributed by atoms with Crippen molar-refractivity contribution < 1.29 is 50.7 Å². The Morgan fingerprint density at radius 3 is 1.31 bits per heavy atom. The van der Waals surface area contributed by atoms with E-state index in [4.69, 9.17) is 23.1 Å². The van der Waals surface area contributed by atoms with E-state index in [2.05, 4.69) is 0 Å². The summed E-state index contributed by atoms with van der Waals surface area (Å²) in [5.41, 5.74) is -2.62. The lowest BCUT2D eigenvalue weighted by Gasteiger charge is -2.29. The fraction of sp³-hybridized carbons (Fsp3) is 0.714. The molecule has 280 valence electrons. The van der Waals surface area contributed by atoms with Crippen molar-refractivity contribution in [2.24, 2.45) is 0 Å². The molecule has 0 saturated heterocycles. The molecule has 1 atom stereocenters. The molecule has 4 amide bonds. The Morgan fingerprint density at radius 1 is 0.571 bits per heavy atom. The van der Waals surface area contributed by atoms with Crippen LogP contribution in [0.5, 0.6) is 0 Å². The predicted octanol–water partition coefficient (Wildman–Crippen LogP) is 8.36. The fourth-order valence-electron chi connectivity index (χ4n) is 4.05. The van der Waals surface area contributed by atoms with E-state index in [1.807, 2.05) is 6.92 Å². The fourth-order valence-corrected chi connectivity index (χ4v) is 5.19. The molecule has 0 aliphatic rings. The molecule has 0 spiro atoms.